The molecule has 1 aromatic heterocycles. The maximum absolute atomic E-state index is 14.3. The Kier molecular flexibility index (Phi) is 11.9. The highest BCUT2D eigenvalue weighted by molar-refractivity contribution is 7.14. The SMILES string of the molecule is COc1ccc(CC(=O)N(C[C@H]2CCCO2)C[C@]2(O)CC[C@H]3c4ccc(cc4C(=O)c4ccc(C)s4)C[C@@H](O)CCC(C)=CCC[C@@]32C)cc1OC. The summed E-state index contributed by atoms with van der Waals surface area (Å²) in [6.45, 7) is 7.55. The molecule has 8 nitrogen and oxygen atoms in total. The van der Waals surface area contributed by atoms with Crippen LogP contribution < -0.4 is 9.47 Å². The molecule has 1 saturated heterocycles. The average Bonchev–Trinajstić information content (AvgIpc) is 3.87. The zero-order valence-electron chi connectivity index (χ0n) is 31.4. The van der Waals surface area contributed by atoms with Crippen LogP contribution in [0.3, 0.4) is 0 Å². The van der Waals surface area contributed by atoms with Crippen LogP contribution in [0.25, 0.3) is 0 Å². The number of methoxy groups -OCH3 is 2. The molecule has 0 radical (unpaired) electrons. The number of aryl methyl sites for hydroxylation is 1. The number of hydrogen-bond donors (Lipinski definition) is 2. The van der Waals surface area contributed by atoms with Gasteiger partial charge in [0.1, 0.15) is 0 Å². The van der Waals surface area contributed by atoms with Gasteiger partial charge in [-0.1, -0.05) is 36.8 Å². The topological polar surface area (TPSA) is 106 Å². The van der Waals surface area contributed by atoms with Crippen molar-refractivity contribution in [3.8, 4) is 11.5 Å². The van der Waals surface area contributed by atoms with E-state index in [1.165, 1.54) is 16.9 Å². The van der Waals surface area contributed by atoms with E-state index in [1.807, 2.05) is 48.2 Å². The van der Waals surface area contributed by atoms with Gasteiger partial charge >= 0.3 is 0 Å². The number of hydrogen-bond acceptors (Lipinski definition) is 8. The maximum atomic E-state index is 14.3. The van der Waals surface area contributed by atoms with Crippen LogP contribution in [-0.2, 0) is 22.4 Å². The van der Waals surface area contributed by atoms with Crippen LogP contribution in [0.4, 0.5) is 0 Å². The van der Waals surface area contributed by atoms with E-state index in [9.17, 15) is 19.8 Å². The number of rotatable bonds is 10. The van der Waals surface area contributed by atoms with Crippen molar-refractivity contribution in [2.45, 2.75) is 109 Å². The minimum absolute atomic E-state index is 0.0184. The summed E-state index contributed by atoms with van der Waals surface area (Å²) in [5, 5.41) is 24.0. The highest BCUT2D eigenvalue weighted by Gasteiger charge is 2.57. The van der Waals surface area contributed by atoms with Crippen LogP contribution in [0, 0.1) is 12.3 Å². The number of amides is 1. The number of benzene rings is 2. The Bertz CT molecular complexity index is 1780. The molecule has 1 amide bonds. The minimum atomic E-state index is -1.23. The van der Waals surface area contributed by atoms with Crippen LogP contribution in [0.1, 0.15) is 108 Å². The number of aliphatic hydroxyl groups excluding tert-OH is 1. The zero-order valence-corrected chi connectivity index (χ0v) is 32.2. The fourth-order valence-electron chi connectivity index (χ4n) is 8.77. The van der Waals surface area contributed by atoms with E-state index < -0.39 is 17.1 Å². The monoisotopic (exact) mass is 729 g/mol. The Hall–Kier alpha value is -3.50. The lowest BCUT2D eigenvalue weighted by atomic mass is 9.64. The van der Waals surface area contributed by atoms with Gasteiger partial charge in [0.05, 0.1) is 49.9 Å². The summed E-state index contributed by atoms with van der Waals surface area (Å²) < 4.78 is 17.0. The van der Waals surface area contributed by atoms with Gasteiger partial charge in [-0.15, -0.1) is 11.3 Å². The molecule has 2 aromatic carbocycles. The predicted octanol–water partition coefficient (Wildman–Crippen LogP) is 7.59. The van der Waals surface area contributed by atoms with Gasteiger partial charge in [-0.25, -0.2) is 0 Å². The van der Waals surface area contributed by atoms with Crippen molar-refractivity contribution in [3.63, 3.8) is 0 Å². The third kappa shape index (κ3) is 8.18. The number of ether oxygens (including phenoxy) is 3. The van der Waals surface area contributed by atoms with E-state index in [-0.39, 0.29) is 36.7 Å². The molecule has 2 fully saturated rings. The lowest BCUT2D eigenvalue weighted by molar-refractivity contribution is -0.141. The van der Waals surface area contributed by atoms with E-state index in [0.717, 1.165) is 47.3 Å². The Morgan fingerprint density at radius 2 is 1.81 bits per heavy atom. The van der Waals surface area contributed by atoms with Crippen molar-refractivity contribution < 1.29 is 34.0 Å². The summed E-state index contributed by atoms with van der Waals surface area (Å²) in [6.07, 6.45) is 8.13. The van der Waals surface area contributed by atoms with Gasteiger partial charge in [-0.3, -0.25) is 9.59 Å². The molecule has 280 valence electrons. The first-order valence-corrected chi connectivity index (χ1v) is 19.6. The van der Waals surface area contributed by atoms with Crippen LogP contribution in [0.5, 0.6) is 11.5 Å². The van der Waals surface area contributed by atoms with Gasteiger partial charge in [-0.05, 0) is 125 Å². The highest BCUT2D eigenvalue weighted by atomic mass is 32.1. The third-order valence-electron chi connectivity index (χ3n) is 11.9. The summed E-state index contributed by atoms with van der Waals surface area (Å²) >= 11 is 1.49. The molecule has 3 aliphatic carbocycles. The lowest BCUT2D eigenvalue weighted by Crippen LogP contribution is -2.55. The number of carbonyl (C=O) groups excluding carboxylic acids is 2. The molecule has 3 aromatic rings. The Balaban J connectivity index is 1.38. The van der Waals surface area contributed by atoms with Crippen molar-refractivity contribution >= 4 is 23.0 Å². The molecule has 1 saturated carbocycles. The van der Waals surface area contributed by atoms with E-state index in [4.69, 9.17) is 14.2 Å². The molecule has 2 N–H and O–H groups in total. The fourth-order valence-corrected chi connectivity index (χ4v) is 9.59. The Morgan fingerprint density at radius 1 is 1.00 bits per heavy atom. The van der Waals surface area contributed by atoms with Crippen molar-refractivity contribution in [1.29, 1.82) is 0 Å². The van der Waals surface area contributed by atoms with Gasteiger partial charge < -0.3 is 29.3 Å². The number of allylic oxidation sites excluding steroid dienone is 2. The van der Waals surface area contributed by atoms with Gasteiger partial charge in [0, 0.05) is 29.0 Å². The van der Waals surface area contributed by atoms with Gasteiger partial charge in [-0.2, -0.15) is 0 Å². The largest absolute Gasteiger partial charge is 0.493 e. The van der Waals surface area contributed by atoms with Crippen molar-refractivity contribution in [1.82, 2.24) is 4.90 Å². The molecule has 5 atom stereocenters. The number of carbonyl (C=O) groups is 2. The van der Waals surface area contributed by atoms with Crippen LogP contribution >= 0.6 is 11.3 Å². The van der Waals surface area contributed by atoms with E-state index in [2.05, 4.69) is 32.1 Å². The number of ketones is 1. The standard InChI is InChI=1S/C43H55NO7S/c1-28-8-6-19-42(3)36(34-15-12-30(22-32(45)14-10-28)23-35(34)41(47)39-17-11-29(2)52-39)18-20-43(42,48)27-44(26-33-9-7-21-51-33)40(46)25-31-13-16-37(49-4)38(24-31)50-5/h8,11-13,15-17,23-24,32-33,36,45,48H,6-7,9-10,14,18-22,25-27H2,1-5H3/t32-,33+,36-,42-,43+/m0/s1. The summed E-state index contributed by atoms with van der Waals surface area (Å²) in [4.78, 5) is 32.2. The van der Waals surface area contributed by atoms with E-state index in [0.29, 0.717) is 67.2 Å². The van der Waals surface area contributed by atoms with Crippen LogP contribution in [0.2, 0.25) is 0 Å². The quantitative estimate of drug-likeness (QED) is 0.164. The van der Waals surface area contributed by atoms with E-state index in [1.54, 1.807) is 14.2 Å². The van der Waals surface area contributed by atoms with E-state index >= 15 is 0 Å². The molecule has 52 heavy (non-hydrogen) atoms. The fraction of sp³-hybridized carbons (Fsp3) is 0.535. The zero-order chi connectivity index (χ0) is 37.0. The third-order valence-corrected chi connectivity index (χ3v) is 12.9. The molecule has 4 aliphatic rings. The second kappa shape index (κ2) is 16.3. The molecular formula is C43H55NO7S. The molecule has 0 spiro atoms. The molecule has 0 unspecified atom stereocenters. The molecule has 1 aliphatic heterocycles. The normalized spacial score (nSPS) is 26.4. The second-order valence-electron chi connectivity index (χ2n) is 15.5. The molecule has 9 heteroatoms. The second-order valence-corrected chi connectivity index (χ2v) is 16.8. The Labute approximate surface area is 312 Å². The molecule has 2 heterocycles. The maximum Gasteiger partial charge on any atom is 0.227 e. The first kappa shape index (κ1) is 38.2. The lowest BCUT2D eigenvalue weighted by Gasteiger charge is -2.46. The average molecular weight is 730 g/mol. The number of aliphatic hydroxyl groups is 2. The molecule has 7 rings (SSSR count). The van der Waals surface area contributed by atoms with Crippen molar-refractivity contribution in [2.24, 2.45) is 5.41 Å². The molecular weight excluding hydrogens is 675 g/mol. The van der Waals surface area contributed by atoms with Gasteiger partial charge in [0.2, 0.25) is 11.7 Å². The van der Waals surface area contributed by atoms with Gasteiger partial charge in [0.15, 0.2) is 11.5 Å². The van der Waals surface area contributed by atoms with Crippen molar-refractivity contribution in [3.05, 3.63) is 92.2 Å². The minimum Gasteiger partial charge on any atom is -0.493 e. The van der Waals surface area contributed by atoms with Crippen LogP contribution in [0.15, 0.2) is 60.2 Å². The molecule has 2 bridgehead atoms. The van der Waals surface area contributed by atoms with Crippen LogP contribution in [-0.4, -0.2) is 78.5 Å². The predicted molar refractivity (Wildman–Crippen MR) is 205 cm³/mol. The summed E-state index contributed by atoms with van der Waals surface area (Å²) in [5.41, 5.74) is 2.67. The summed E-state index contributed by atoms with van der Waals surface area (Å²) in [7, 11) is 3.17. The Morgan fingerprint density at radius 3 is 2.52 bits per heavy atom. The summed E-state index contributed by atoms with van der Waals surface area (Å²) in [5.74, 6) is 0.943. The first-order chi connectivity index (χ1) is 24.9. The van der Waals surface area contributed by atoms with Crippen molar-refractivity contribution in [2.75, 3.05) is 33.9 Å². The highest BCUT2D eigenvalue weighted by Crippen LogP contribution is 2.59. The number of nitrogens with zero attached hydrogens (tertiary/aromatic N) is 1. The number of fused-ring (bicyclic) bond motifs is 8. The number of thiophene rings is 1. The summed E-state index contributed by atoms with van der Waals surface area (Å²) in [6, 6.07) is 15.5. The smallest absolute Gasteiger partial charge is 0.227 e. The van der Waals surface area contributed by atoms with Gasteiger partial charge in [0.25, 0.3) is 0 Å². The first-order valence-electron chi connectivity index (χ1n) is 18.8.